The summed E-state index contributed by atoms with van der Waals surface area (Å²) in [6.07, 6.45) is 1.39. The van der Waals surface area contributed by atoms with Crippen LogP contribution < -0.4 is 14.8 Å². The van der Waals surface area contributed by atoms with Gasteiger partial charge in [-0.25, -0.2) is 0 Å². The molecule has 1 aromatic heterocycles. The van der Waals surface area contributed by atoms with Crippen molar-refractivity contribution in [3.63, 3.8) is 0 Å². The first kappa shape index (κ1) is 20.7. The van der Waals surface area contributed by atoms with Crippen molar-refractivity contribution in [2.45, 2.75) is 26.2 Å². The van der Waals surface area contributed by atoms with Crippen molar-refractivity contribution in [2.75, 3.05) is 19.0 Å². The van der Waals surface area contributed by atoms with E-state index in [1.807, 2.05) is 31.2 Å². The second-order valence-corrected chi connectivity index (χ2v) is 6.60. The second-order valence-electron chi connectivity index (χ2n) is 6.19. The Morgan fingerprint density at radius 3 is 2.79 bits per heavy atom. The van der Waals surface area contributed by atoms with Crippen LogP contribution >= 0.6 is 11.6 Å². The molecule has 152 valence electrons. The largest absolute Gasteiger partial charge is 0.493 e. The van der Waals surface area contributed by atoms with Gasteiger partial charge in [-0.3, -0.25) is 4.79 Å². The average Bonchev–Trinajstić information content (AvgIpc) is 3.19. The van der Waals surface area contributed by atoms with Crippen LogP contribution in [-0.4, -0.2) is 29.8 Å². The molecule has 2 aromatic carbocycles. The molecule has 0 spiro atoms. The molecular formula is C21H22ClN3O4. The van der Waals surface area contributed by atoms with E-state index in [0.717, 1.165) is 5.56 Å². The van der Waals surface area contributed by atoms with Gasteiger partial charge in [-0.05, 0) is 43.7 Å². The quantitative estimate of drug-likeness (QED) is 0.542. The summed E-state index contributed by atoms with van der Waals surface area (Å²) >= 11 is 6.04. The minimum absolute atomic E-state index is 0.117. The Balaban J connectivity index is 1.55. The smallest absolute Gasteiger partial charge is 0.226 e. The van der Waals surface area contributed by atoms with Gasteiger partial charge >= 0.3 is 0 Å². The molecule has 7 nitrogen and oxygen atoms in total. The Kier molecular flexibility index (Phi) is 7.08. The molecule has 8 heteroatoms. The fraction of sp³-hybridized carbons (Fsp3) is 0.286. The van der Waals surface area contributed by atoms with E-state index in [1.54, 1.807) is 25.3 Å². The molecule has 3 aromatic rings. The number of carbonyl (C=O) groups is 1. The number of nitrogens with one attached hydrogen (secondary N) is 1. The predicted molar refractivity (Wildman–Crippen MR) is 110 cm³/mol. The zero-order valence-corrected chi connectivity index (χ0v) is 17.0. The topological polar surface area (TPSA) is 86.5 Å². The highest BCUT2D eigenvalue weighted by Gasteiger charge is 2.13. The molecule has 0 bridgehead atoms. The average molecular weight is 416 g/mol. The van der Waals surface area contributed by atoms with E-state index >= 15 is 0 Å². The lowest BCUT2D eigenvalue weighted by atomic mass is 10.2. The molecular weight excluding hydrogens is 394 g/mol. The van der Waals surface area contributed by atoms with Crippen LogP contribution in [0.25, 0.3) is 11.4 Å². The van der Waals surface area contributed by atoms with Crippen molar-refractivity contribution < 1.29 is 18.8 Å². The molecule has 0 saturated heterocycles. The highest BCUT2D eigenvalue weighted by Crippen LogP contribution is 2.31. The van der Waals surface area contributed by atoms with E-state index in [1.165, 1.54) is 0 Å². The number of amides is 1. The number of benzene rings is 2. The van der Waals surface area contributed by atoms with Crippen molar-refractivity contribution in [1.82, 2.24) is 10.1 Å². The Morgan fingerprint density at radius 1 is 1.21 bits per heavy atom. The number of aryl methyl sites for hydroxylation is 1. The molecule has 0 aliphatic carbocycles. The van der Waals surface area contributed by atoms with E-state index in [4.69, 9.17) is 25.6 Å². The molecule has 3 rings (SSSR count). The highest BCUT2D eigenvalue weighted by molar-refractivity contribution is 6.33. The van der Waals surface area contributed by atoms with Gasteiger partial charge in [0.25, 0.3) is 0 Å². The first-order valence-corrected chi connectivity index (χ1v) is 9.66. The highest BCUT2D eigenvalue weighted by atomic mass is 35.5. The Hall–Kier alpha value is -3.06. The van der Waals surface area contributed by atoms with Crippen LogP contribution in [0.3, 0.4) is 0 Å². The molecule has 0 radical (unpaired) electrons. The molecule has 0 unspecified atom stereocenters. The van der Waals surface area contributed by atoms with Crippen molar-refractivity contribution in [2.24, 2.45) is 0 Å². The fourth-order valence-electron chi connectivity index (χ4n) is 2.73. The van der Waals surface area contributed by atoms with E-state index in [9.17, 15) is 4.79 Å². The van der Waals surface area contributed by atoms with Gasteiger partial charge in [0.05, 0.1) is 24.4 Å². The molecule has 0 fully saturated rings. The van der Waals surface area contributed by atoms with Crippen LogP contribution in [-0.2, 0) is 11.2 Å². The lowest BCUT2D eigenvalue weighted by Gasteiger charge is -2.09. The molecule has 1 heterocycles. The van der Waals surface area contributed by atoms with Crippen LogP contribution in [0.4, 0.5) is 5.69 Å². The van der Waals surface area contributed by atoms with Gasteiger partial charge in [0.15, 0.2) is 11.5 Å². The number of carbonyl (C=O) groups excluding carboxylic acids is 1. The van der Waals surface area contributed by atoms with Gasteiger partial charge in [-0.15, -0.1) is 0 Å². The minimum Gasteiger partial charge on any atom is -0.493 e. The number of halogens is 1. The number of rotatable bonds is 9. The lowest BCUT2D eigenvalue weighted by Crippen LogP contribution is -2.11. The third-order valence-corrected chi connectivity index (χ3v) is 4.46. The molecule has 0 saturated carbocycles. The van der Waals surface area contributed by atoms with E-state index in [2.05, 4.69) is 15.5 Å². The minimum atomic E-state index is -0.117. The van der Waals surface area contributed by atoms with Gasteiger partial charge in [0.2, 0.25) is 17.6 Å². The van der Waals surface area contributed by atoms with Crippen LogP contribution in [0.15, 0.2) is 47.0 Å². The zero-order chi connectivity index (χ0) is 20.6. The number of ether oxygens (including phenoxy) is 2. The number of anilines is 1. The summed E-state index contributed by atoms with van der Waals surface area (Å²) in [7, 11) is 1.58. The second kappa shape index (κ2) is 9.93. The predicted octanol–water partition coefficient (Wildman–Crippen LogP) is 4.76. The molecule has 1 amide bonds. The summed E-state index contributed by atoms with van der Waals surface area (Å²) in [4.78, 5) is 16.5. The van der Waals surface area contributed by atoms with Crippen molar-refractivity contribution in [3.05, 3.63) is 53.4 Å². The fourth-order valence-corrected chi connectivity index (χ4v) is 2.91. The normalized spacial score (nSPS) is 10.6. The molecule has 29 heavy (non-hydrogen) atoms. The standard InChI is InChI=1S/C21H22ClN3O4/c1-3-28-17-12-11-14(13-18(17)27-2)21-24-20(29-25-21)10-6-9-19(26)23-16-8-5-4-7-15(16)22/h4-5,7-8,11-13H,3,6,9-10H2,1-2H3,(H,23,26). The number of methoxy groups -OCH3 is 1. The van der Waals surface area contributed by atoms with Gasteiger partial charge in [0, 0.05) is 18.4 Å². The van der Waals surface area contributed by atoms with Crippen LogP contribution in [0.1, 0.15) is 25.7 Å². The first-order chi connectivity index (χ1) is 14.1. The third kappa shape index (κ3) is 5.48. The maximum Gasteiger partial charge on any atom is 0.226 e. The number of hydrogen-bond acceptors (Lipinski definition) is 6. The first-order valence-electron chi connectivity index (χ1n) is 9.29. The summed E-state index contributed by atoms with van der Waals surface area (Å²) in [5.74, 6) is 2.08. The Labute approximate surface area is 174 Å². The van der Waals surface area contributed by atoms with E-state index in [-0.39, 0.29) is 5.91 Å². The van der Waals surface area contributed by atoms with Gasteiger partial charge < -0.3 is 19.3 Å². The van der Waals surface area contributed by atoms with Crippen LogP contribution in [0.5, 0.6) is 11.5 Å². The number of hydrogen-bond donors (Lipinski definition) is 1. The van der Waals surface area contributed by atoms with E-state index < -0.39 is 0 Å². The maximum absolute atomic E-state index is 12.1. The Bertz CT molecular complexity index is 974. The number of aromatic nitrogens is 2. The lowest BCUT2D eigenvalue weighted by molar-refractivity contribution is -0.116. The molecule has 1 N–H and O–H groups in total. The Morgan fingerprint density at radius 2 is 2.03 bits per heavy atom. The SMILES string of the molecule is CCOc1ccc(-c2noc(CCCC(=O)Nc3ccccc3Cl)n2)cc1OC. The summed E-state index contributed by atoms with van der Waals surface area (Å²) < 4.78 is 16.2. The van der Waals surface area contributed by atoms with Gasteiger partial charge in [-0.2, -0.15) is 4.98 Å². The van der Waals surface area contributed by atoms with Crippen molar-refractivity contribution >= 4 is 23.2 Å². The summed E-state index contributed by atoms with van der Waals surface area (Å²) in [5.41, 5.74) is 1.36. The molecule has 0 aliphatic rings. The van der Waals surface area contributed by atoms with Crippen molar-refractivity contribution in [3.8, 4) is 22.9 Å². The number of nitrogens with zero attached hydrogens (tertiary/aromatic N) is 2. The molecule has 0 aliphatic heterocycles. The van der Waals surface area contributed by atoms with Crippen LogP contribution in [0, 0.1) is 0 Å². The summed E-state index contributed by atoms with van der Waals surface area (Å²) in [5, 5.41) is 7.31. The van der Waals surface area contributed by atoms with Crippen molar-refractivity contribution in [1.29, 1.82) is 0 Å². The maximum atomic E-state index is 12.1. The van der Waals surface area contributed by atoms with E-state index in [0.29, 0.717) is 59.8 Å². The summed E-state index contributed by atoms with van der Waals surface area (Å²) in [6, 6.07) is 12.6. The molecule has 0 atom stereocenters. The zero-order valence-electron chi connectivity index (χ0n) is 16.3. The monoisotopic (exact) mass is 415 g/mol. The van der Waals surface area contributed by atoms with Gasteiger partial charge in [-0.1, -0.05) is 28.9 Å². The third-order valence-electron chi connectivity index (χ3n) is 4.13. The summed E-state index contributed by atoms with van der Waals surface area (Å²) in [6.45, 7) is 2.46. The van der Waals surface area contributed by atoms with Gasteiger partial charge in [0.1, 0.15) is 0 Å². The van der Waals surface area contributed by atoms with Crippen LogP contribution in [0.2, 0.25) is 5.02 Å². The number of para-hydroxylation sites is 1.